The van der Waals surface area contributed by atoms with Gasteiger partial charge in [-0.25, -0.2) is 0 Å². The van der Waals surface area contributed by atoms with Crippen LogP contribution in [0.1, 0.15) is 59.3 Å². The summed E-state index contributed by atoms with van der Waals surface area (Å²) in [4.78, 5) is 48.2. The summed E-state index contributed by atoms with van der Waals surface area (Å²) >= 11 is 0. The standard InChI is InChI=1S/C33H45N3O6/c1-4-32-18-9-12-23-41-31(40)27(32)26-29(38)36(20-10-7-8-11-22-37)28-30(39)35(21-13-19-33(26,28)42-32)25-16-14-24(15-17-25)34(5-2)6-3/h9,13-19,26-28,37H,4-8,10-12,20-23H2,1-3H3/t26-,27+,28?,32-,33-/m0/s1. The van der Waals surface area contributed by atoms with E-state index in [9.17, 15) is 19.5 Å². The number of unbranched alkanes of at least 4 members (excludes halogenated alkanes) is 3. The number of ether oxygens (including phenoxy) is 2. The quantitative estimate of drug-likeness (QED) is 0.242. The van der Waals surface area contributed by atoms with Crippen molar-refractivity contribution in [3.8, 4) is 0 Å². The van der Waals surface area contributed by atoms with Crippen molar-refractivity contribution in [2.45, 2.75) is 76.5 Å². The number of nitrogens with zero attached hydrogens (tertiary/aromatic N) is 3. The number of esters is 1. The maximum Gasteiger partial charge on any atom is 0.313 e. The number of hydrogen-bond acceptors (Lipinski definition) is 7. The first-order chi connectivity index (χ1) is 20.4. The van der Waals surface area contributed by atoms with Crippen LogP contribution in [0, 0.1) is 11.8 Å². The maximum atomic E-state index is 14.6. The molecule has 42 heavy (non-hydrogen) atoms. The molecule has 5 rings (SSSR count). The van der Waals surface area contributed by atoms with Crippen LogP contribution < -0.4 is 9.80 Å². The molecule has 2 amide bonds. The molecule has 5 atom stereocenters. The molecule has 0 aromatic heterocycles. The highest BCUT2D eigenvalue weighted by atomic mass is 16.6. The molecule has 4 aliphatic rings. The highest BCUT2D eigenvalue weighted by Gasteiger charge is 2.75. The smallest absolute Gasteiger partial charge is 0.313 e. The van der Waals surface area contributed by atoms with Gasteiger partial charge in [0.2, 0.25) is 5.91 Å². The summed E-state index contributed by atoms with van der Waals surface area (Å²) in [7, 11) is 0. The van der Waals surface area contributed by atoms with Crippen molar-refractivity contribution < 1.29 is 29.0 Å². The molecule has 0 bridgehead atoms. The topological polar surface area (TPSA) is 99.6 Å². The molecule has 1 aromatic carbocycles. The number of fused-ring (bicyclic) bond motifs is 2. The first kappa shape index (κ1) is 30.3. The fourth-order valence-electron chi connectivity index (χ4n) is 7.38. The van der Waals surface area contributed by atoms with Crippen LogP contribution in [-0.4, -0.2) is 84.4 Å². The molecule has 2 saturated heterocycles. The lowest BCUT2D eigenvalue weighted by atomic mass is 9.73. The minimum absolute atomic E-state index is 0.131. The average molecular weight is 580 g/mol. The Morgan fingerprint density at radius 3 is 2.36 bits per heavy atom. The van der Waals surface area contributed by atoms with Crippen LogP contribution in [0.15, 0.2) is 48.6 Å². The molecule has 228 valence electrons. The summed E-state index contributed by atoms with van der Waals surface area (Å²) < 4.78 is 12.6. The molecular formula is C33H45N3O6. The van der Waals surface area contributed by atoms with Crippen LogP contribution in [0.25, 0.3) is 0 Å². The van der Waals surface area contributed by atoms with Gasteiger partial charge in [-0.1, -0.05) is 44.1 Å². The summed E-state index contributed by atoms with van der Waals surface area (Å²) in [6, 6.07) is 7.07. The Labute approximate surface area is 249 Å². The maximum absolute atomic E-state index is 14.6. The van der Waals surface area contributed by atoms with Crippen LogP contribution in [0.5, 0.6) is 0 Å². The number of carbonyl (C=O) groups excluding carboxylic acids is 3. The van der Waals surface area contributed by atoms with Gasteiger partial charge in [0.15, 0.2) is 0 Å². The van der Waals surface area contributed by atoms with Crippen molar-refractivity contribution >= 4 is 29.2 Å². The molecular weight excluding hydrogens is 534 g/mol. The van der Waals surface area contributed by atoms with Crippen LogP contribution >= 0.6 is 0 Å². The van der Waals surface area contributed by atoms with Crippen LogP contribution in [-0.2, 0) is 23.9 Å². The van der Waals surface area contributed by atoms with Crippen LogP contribution in [0.2, 0.25) is 0 Å². The van der Waals surface area contributed by atoms with Gasteiger partial charge in [-0.15, -0.1) is 0 Å². The highest BCUT2D eigenvalue weighted by Crippen LogP contribution is 2.58. The number of rotatable bonds is 11. The van der Waals surface area contributed by atoms with E-state index in [4.69, 9.17) is 9.47 Å². The van der Waals surface area contributed by atoms with Crippen molar-refractivity contribution in [1.82, 2.24) is 4.90 Å². The van der Waals surface area contributed by atoms with E-state index in [-0.39, 0.29) is 25.0 Å². The van der Waals surface area contributed by atoms with E-state index in [2.05, 4.69) is 18.7 Å². The minimum atomic E-state index is -1.29. The molecule has 1 unspecified atom stereocenters. The van der Waals surface area contributed by atoms with E-state index in [0.29, 0.717) is 38.8 Å². The van der Waals surface area contributed by atoms with E-state index in [0.717, 1.165) is 37.3 Å². The zero-order valence-electron chi connectivity index (χ0n) is 25.2. The second-order valence-corrected chi connectivity index (χ2v) is 11.7. The number of carbonyl (C=O) groups is 3. The Morgan fingerprint density at radius 2 is 1.67 bits per heavy atom. The van der Waals surface area contributed by atoms with Gasteiger partial charge in [0.25, 0.3) is 5.91 Å². The number of cyclic esters (lactones) is 1. The third-order valence-electron chi connectivity index (χ3n) is 9.50. The number of hydrogen-bond donors (Lipinski definition) is 1. The van der Waals surface area contributed by atoms with E-state index in [1.807, 2.05) is 55.5 Å². The molecule has 1 N–H and O–H groups in total. The lowest BCUT2D eigenvalue weighted by Crippen LogP contribution is -2.56. The van der Waals surface area contributed by atoms with Crippen molar-refractivity contribution in [2.24, 2.45) is 11.8 Å². The fraction of sp³-hybridized carbons (Fsp3) is 0.606. The van der Waals surface area contributed by atoms with Gasteiger partial charge in [-0.3, -0.25) is 14.4 Å². The number of aliphatic hydroxyl groups is 1. The zero-order valence-corrected chi connectivity index (χ0v) is 25.2. The van der Waals surface area contributed by atoms with Crippen molar-refractivity contribution in [3.63, 3.8) is 0 Å². The predicted molar refractivity (Wildman–Crippen MR) is 161 cm³/mol. The molecule has 4 aliphatic heterocycles. The lowest BCUT2D eigenvalue weighted by molar-refractivity contribution is -0.160. The normalized spacial score (nSPS) is 30.4. The van der Waals surface area contributed by atoms with Gasteiger partial charge in [-0.05, 0) is 63.8 Å². The molecule has 0 saturated carbocycles. The molecule has 2 fully saturated rings. The molecule has 4 heterocycles. The molecule has 9 nitrogen and oxygen atoms in total. The molecule has 1 aromatic rings. The first-order valence-electron chi connectivity index (χ1n) is 15.7. The van der Waals surface area contributed by atoms with Gasteiger partial charge < -0.3 is 29.3 Å². The Balaban J connectivity index is 1.55. The lowest BCUT2D eigenvalue weighted by Gasteiger charge is -2.38. The second kappa shape index (κ2) is 12.6. The number of amides is 2. The van der Waals surface area contributed by atoms with Gasteiger partial charge >= 0.3 is 5.97 Å². The number of benzene rings is 1. The summed E-state index contributed by atoms with van der Waals surface area (Å²) in [6.07, 6.45) is 11.8. The number of aliphatic hydroxyl groups excluding tert-OH is 1. The Morgan fingerprint density at radius 1 is 0.929 bits per heavy atom. The summed E-state index contributed by atoms with van der Waals surface area (Å²) in [6.45, 7) is 9.05. The van der Waals surface area contributed by atoms with Crippen molar-refractivity contribution in [1.29, 1.82) is 0 Å². The van der Waals surface area contributed by atoms with Crippen LogP contribution in [0.3, 0.4) is 0 Å². The SMILES string of the molecule is CCN(CC)c1ccc(N2CC=C[C@]34O[C@@]5(CC)C=CCCOC(=O)[C@H]5[C@H]3C(=O)N(CCCCCCO)C4C2=O)cc1. The van der Waals surface area contributed by atoms with E-state index >= 15 is 0 Å². The Hall–Kier alpha value is -3.17. The van der Waals surface area contributed by atoms with Gasteiger partial charge in [0.1, 0.15) is 23.2 Å². The molecule has 0 aliphatic carbocycles. The highest BCUT2D eigenvalue weighted by molar-refractivity contribution is 6.05. The van der Waals surface area contributed by atoms with Gasteiger partial charge in [-0.2, -0.15) is 0 Å². The third kappa shape index (κ3) is 5.04. The molecule has 9 heteroatoms. The van der Waals surface area contributed by atoms with Gasteiger partial charge in [0.05, 0.1) is 12.5 Å². The number of likely N-dealkylation sites (tertiary alicyclic amines) is 1. The predicted octanol–water partition coefficient (Wildman–Crippen LogP) is 3.85. The third-order valence-corrected chi connectivity index (χ3v) is 9.50. The molecule has 0 radical (unpaired) electrons. The van der Waals surface area contributed by atoms with Crippen molar-refractivity contribution in [3.05, 3.63) is 48.6 Å². The van der Waals surface area contributed by atoms with E-state index < -0.39 is 35.0 Å². The fourth-order valence-corrected chi connectivity index (χ4v) is 7.38. The Kier molecular flexibility index (Phi) is 9.08. The molecule has 1 spiro atoms. The largest absolute Gasteiger partial charge is 0.465 e. The van der Waals surface area contributed by atoms with E-state index in [1.165, 1.54) is 0 Å². The number of anilines is 2. The first-order valence-corrected chi connectivity index (χ1v) is 15.7. The summed E-state index contributed by atoms with van der Waals surface area (Å²) in [5.41, 5.74) is -0.480. The zero-order chi connectivity index (χ0) is 29.9. The average Bonchev–Trinajstić information content (AvgIpc) is 3.33. The second-order valence-electron chi connectivity index (χ2n) is 11.7. The van der Waals surface area contributed by atoms with Crippen molar-refractivity contribution in [2.75, 3.05) is 49.2 Å². The minimum Gasteiger partial charge on any atom is -0.465 e. The Bertz CT molecular complexity index is 1210. The van der Waals surface area contributed by atoms with Gasteiger partial charge in [0, 0.05) is 44.2 Å². The van der Waals surface area contributed by atoms with E-state index in [1.54, 1.807) is 9.80 Å². The summed E-state index contributed by atoms with van der Waals surface area (Å²) in [5.74, 6) is -2.58. The monoisotopic (exact) mass is 579 g/mol. The summed E-state index contributed by atoms with van der Waals surface area (Å²) in [5, 5.41) is 9.20. The van der Waals surface area contributed by atoms with Crippen LogP contribution in [0.4, 0.5) is 11.4 Å².